The van der Waals surface area contributed by atoms with E-state index in [-0.39, 0.29) is 0 Å². The third-order valence-electron chi connectivity index (χ3n) is 2.34. The maximum absolute atomic E-state index is 11.3. The molecule has 0 spiro atoms. The maximum atomic E-state index is 11.3. The van der Waals surface area contributed by atoms with E-state index in [1.165, 1.54) is 12.8 Å². The lowest BCUT2D eigenvalue weighted by molar-refractivity contribution is 0.514. The van der Waals surface area contributed by atoms with Crippen molar-refractivity contribution in [2.45, 2.75) is 32.7 Å². The Morgan fingerprint density at radius 3 is 2.58 bits per heavy atom. The minimum Gasteiger partial charge on any atom is -0.313 e. The van der Waals surface area contributed by atoms with E-state index in [4.69, 9.17) is 0 Å². The molecular weight excluding hydrogens is 170 g/mol. The van der Waals surface area contributed by atoms with E-state index in [0.717, 1.165) is 24.0 Å². The molecule has 0 radical (unpaired) electrons. The Morgan fingerprint density at radius 2 is 2.17 bits per heavy atom. The smallest absolute Gasteiger partial charge is 0.0391 e. The van der Waals surface area contributed by atoms with E-state index < -0.39 is 10.8 Å². The third-order valence-corrected chi connectivity index (χ3v) is 3.72. The molecule has 1 saturated carbocycles. The highest BCUT2D eigenvalue weighted by Crippen LogP contribution is 2.32. The SMILES string of the molecule is CCNC(CS(=O)CC)C1CC1. The summed E-state index contributed by atoms with van der Waals surface area (Å²) in [6.07, 6.45) is 2.66. The summed E-state index contributed by atoms with van der Waals surface area (Å²) in [6.45, 7) is 5.11. The van der Waals surface area contributed by atoms with Crippen molar-refractivity contribution in [3.63, 3.8) is 0 Å². The normalized spacial score (nSPS) is 22.2. The standard InChI is InChI=1S/C9H19NOS/c1-3-10-9(8-5-6-8)7-12(11)4-2/h8-10H,3-7H2,1-2H3. The van der Waals surface area contributed by atoms with Crippen LogP contribution in [0.2, 0.25) is 0 Å². The Labute approximate surface area is 77.6 Å². The van der Waals surface area contributed by atoms with E-state index in [0.29, 0.717) is 6.04 Å². The van der Waals surface area contributed by atoms with E-state index in [9.17, 15) is 4.21 Å². The number of hydrogen-bond donors (Lipinski definition) is 1. The molecule has 1 fully saturated rings. The van der Waals surface area contributed by atoms with E-state index in [1.54, 1.807) is 0 Å². The molecule has 0 heterocycles. The van der Waals surface area contributed by atoms with Gasteiger partial charge in [-0.1, -0.05) is 13.8 Å². The van der Waals surface area contributed by atoms with Gasteiger partial charge in [0.15, 0.2) is 0 Å². The molecule has 1 N–H and O–H groups in total. The first-order valence-electron chi connectivity index (χ1n) is 4.86. The van der Waals surface area contributed by atoms with Gasteiger partial charge in [-0.2, -0.15) is 0 Å². The van der Waals surface area contributed by atoms with Gasteiger partial charge in [0.05, 0.1) is 0 Å². The summed E-state index contributed by atoms with van der Waals surface area (Å²) in [4.78, 5) is 0. The molecule has 2 unspecified atom stereocenters. The van der Waals surface area contributed by atoms with Crippen molar-refractivity contribution in [3.8, 4) is 0 Å². The van der Waals surface area contributed by atoms with E-state index in [1.807, 2.05) is 6.92 Å². The molecule has 2 atom stereocenters. The van der Waals surface area contributed by atoms with Crippen molar-refractivity contribution >= 4 is 10.8 Å². The Hall–Kier alpha value is 0.110. The van der Waals surface area contributed by atoms with Gasteiger partial charge in [0.1, 0.15) is 0 Å². The summed E-state index contributed by atoms with van der Waals surface area (Å²) in [6, 6.07) is 0.524. The third kappa shape index (κ3) is 3.23. The predicted molar refractivity (Wildman–Crippen MR) is 53.7 cm³/mol. The summed E-state index contributed by atoms with van der Waals surface area (Å²) < 4.78 is 11.3. The summed E-state index contributed by atoms with van der Waals surface area (Å²) in [5.74, 6) is 2.48. The zero-order valence-corrected chi connectivity index (χ0v) is 8.82. The van der Waals surface area contributed by atoms with Gasteiger partial charge in [0, 0.05) is 28.3 Å². The first-order valence-corrected chi connectivity index (χ1v) is 6.35. The van der Waals surface area contributed by atoms with Crippen LogP contribution < -0.4 is 5.32 Å². The van der Waals surface area contributed by atoms with Gasteiger partial charge in [-0.05, 0) is 25.3 Å². The zero-order chi connectivity index (χ0) is 8.97. The van der Waals surface area contributed by atoms with Gasteiger partial charge in [-0.25, -0.2) is 0 Å². The highest BCUT2D eigenvalue weighted by atomic mass is 32.2. The Kier molecular flexibility index (Phi) is 4.22. The van der Waals surface area contributed by atoms with Crippen LogP contribution in [0.5, 0.6) is 0 Å². The minimum atomic E-state index is -0.602. The fourth-order valence-electron chi connectivity index (χ4n) is 1.44. The lowest BCUT2D eigenvalue weighted by Crippen LogP contribution is -2.36. The largest absolute Gasteiger partial charge is 0.313 e. The molecule has 0 aromatic heterocycles. The lowest BCUT2D eigenvalue weighted by Gasteiger charge is -2.15. The second kappa shape index (κ2) is 4.97. The fraction of sp³-hybridized carbons (Fsp3) is 1.00. The van der Waals surface area contributed by atoms with Crippen molar-refractivity contribution in [2.24, 2.45) is 5.92 Å². The first kappa shape index (κ1) is 10.2. The van der Waals surface area contributed by atoms with Crippen LogP contribution in [0.4, 0.5) is 0 Å². The molecule has 0 amide bonds. The Morgan fingerprint density at radius 1 is 1.50 bits per heavy atom. The summed E-state index contributed by atoms with van der Waals surface area (Å²) >= 11 is 0. The molecule has 12 heavy (non-hydrogen) atoms. The van der Waals surface area contributed by atoms with E-state index >= 15 is 0 Å². The van der Waals surface area contributed by atoms with Gasteiger partial charge < -0.3 is 5.32 Å². The average Bonchev–Trinajstić information content (AvgIpc) is 2.86. The van der Waals surface area contributed by atoms with Crippen LogP contribution in [-0.4, -0.2) is 28.3 Å². The number of nitrogens with one attached hydrogen (secondary N) is 1. The minimum absolute atomic E-state index is 0.524. The van der Waals surface area contributed by atoms with Crippen LogP contribution in [0.3, 0.4) is 0 Å². The lowest BCUT2D eigenvalue weighted by atomic mass is 10.2. The second-order valence-corrected chi connectivity index (χ2v) is 5.19. The molecule has 2 nitrogen and oxygen atoms in total. The van der Waals surface area contributed by atoms with Gasteiger partial charge in [0.2, 0.25) is 0 Å². The van der Waals surface area contributed by atoms with Crippen LogP contribution in [0.1, 0.15) is 26.7 Å². The second-order valence-electron chi connectivity index (χ2n) is 3.40. The van der Waals surface area contributed by atoms with Crippen molar-refractivity contribution in [1.82, 2.24) is 5.32 Å². The molecule has 0 aromatic rings. The molecule has 0 aliphatic heterocycles. The van der Waals surface area contributed by atoms with Crippen LogP contribution in [-0.2, 0) is 10.8 Å². The highest BCUT2D eigenvalue weighted by Gasteiger charge is 2.31. The van der Waals surface area contributed by atoms with Crippen LogP contribution in [0.15, 0.2) is 0 Å². The van der Waals surface area contributed by atoms with Crippen LogP contribution in [0, 0.1) is 5.92 Å². The Balaban J connectivity index is 2.26. The molecule has 3 heteroatoms. The molecular formula is C9H19NOS. The molecule has 0 aromatic carbocycles. The van der Waals surface area contributed by atoms with Gasteiger partial charge in [0.25, 0.3) is 0 Å². The zero-order valence-electron chi connectivity index (χ0n) is 8.01. The summed E-state index contributed by atoms with van der Waals surface area (Å²) in [7, 11) is -0.602. The quantitative estimate of drug-likeness (QED) is 0.679. The number of rotatable bonds is 6. The first-order chi connectivity index (χ1) is 5.77. The molecule has 72 valence electrons. The monoisotopic (exact) mass is 189 g/mol. The van der Waals surface area contributed by atoms with E-state index in [2.05, 4.69) is 12.2 Å². The summed E-state index contributed by atoms with van der Waals surface area (Å²) in [5, 5.41) is 3.42. The maximum Gasteiger partial charge on any atom is 0.0391 e. The van der Waals surface area contributed by atoms with Gasteiger partial charge in [-0.3, -0.25) is 4.21 Å². The van der Waals surface area contributed by atoms with Gasteiger partial charge in [-0.15, -0.1) is 0 Å². The van der Waals surface area contributed by atoms with Crippen LogP contribution in [0.25, 0.3) is 0 Å². The summed E-state index contributed by atoms with van der Waals surface area (Å²) in [5.41, 5.74) is 0. The average molecular weight is 189 g/mol. The van der Waals surface area contributed by atoms with Gasteiger partial charge >= 0.3 is 0 Å². The molecule has 1 aliphatic rings. The van der Waals surface area contributed by atoms with Crippen molar-refractivity contribution in [3.05, 3.63) is 0 Å². The number of hydrogen-bond acceptors (Lipinski definition) is 2. The molecule has 0 bridgehead atoms. The molecule has 1 rings (SSSR count). The van der Waals surface area contributed by atoms with Crippen molar-refractivity contribution < 1.29 is 4.21 Å². The topological polar surface area (TPSA) is 29.1 Å². The fourth-order valence-corrected chi connectivity index (χ4v) is 2.47. The molecule has 1 aliphatic carbocycles. The Bertz CT molecular complexity index is 157. The van der Waals surface area contributed by atoms with Crippen molar-refractivity contribution in [1.29, 1.82) is 0 Å². The highest BCUT2D eigenvalue weighted by molar-refractivity contribution is 7.84. The predicted octanol–water partition coefficient (Wildman–Crippen LogP) is 1.14. The molecule has 0 saturated heterocycles. The van der Waals surface area contributed by atoms with Crippen molar-refractivity contribution in [2.75, 3.05) is 18.1 Å². The van der Waals surface area contributed by atoms with Crippen LogP contribution >= 0.6 is 0 Å².